The van der Waals surface area contributed by atoms with Crippen molar-refractivity contribution >= 4 is 23.2 Å². The Bertz CT molecular complexity index is 1190. The van der Waals surface area contributed by atoms with E-state index >= 15 is 0 Å². The fraction of sp³-hybridized carbons (Fsp3) is 0.517. The quantitative estimate of drug-likeness (QED) is 0.380. The normalized spacial score (nSPS) is 20.1. The summed E-state index contributed by atoms with van der Waals surface area (Å²) in [6, 6.07) is 9.54. The smallest absolute Gasteiger partial charge is 0.255 e. The number of aromatic nitrogens is 2. The highest BCUT2D eigenvalue weighted by atomic mass is 32.1. The van der Waals surface area contributed by atoms with E-state index in [4.69, 9.17) is 9.40 Å². The summed E-state index contributed by atoms with van der Waals surface area (Å²) in [5.41, 5.74) is 1.89. The van der Waals surface area contributed by atoms with Crippen molar-refractivity contribution in [1.29, 1.82) is 0 Å². The molecule has 2 amide bonds. The summed E-state index contributed by atoms with van der Waals surface area (Å²) < 4.78 is 5.56. The largest absolute Gasteiger partial charge is 0.443 e. The van der Waals surface area contributed by atoms with Gasteiger partial charge in [0, 0.05) is 18.0 Å². The van der Waals surface area contributed by atoms with E-state index in [1.54, 1.807) is 23.8 Å². The molecule has 0 spiro atoms. The van der Waals surface area contributed by atoms with Gasteiger partial charge in [-0.25, -0.2) is 9.97 Å². The maximum absolute atomic E-state index is 14.2. The van der Waals surface area contributed by atoms with Crippen LogP contribution in [0.3, 0.4) is 0 Å². The van der Waals surface area contributed by atoms with Crippen LogP contribution in [-0.4, -0.2) is 39.3 Å². The molecule has 0 unspecified atom stereocenters. The van der Waals surface area contributed by atoms with Gasteiger partial charge in [0.15, 0.2) is 5.01 Å². The SMILES string of the molecule is CC[C@@H](C)C(=O)N[C@H](C(=O)N1CCC[C@H]1c1sc(-c2ncco2)nc1-c1ccccc1)C1CCCCC1. The van der Waals surface area contributed by atoms with E-state index in [9.17, 15) is 9.59 Å². The van der Waals surface area contributed by atoms with Gasteiger partial charge < -0.3 is 14.6 Å². The Hall–Kier alpha value is -3.00. The molecule has 3 aromatic rings. The maximum atomic E-state index is 14.2. The van der Waals surface area contributed by atoms with Crippen LogP contribution in [0.15, 0.2) is 47.2 Å². The average molecular weight is 521 g/mol. The molecule has 1 N–H and O–H groups in total. The van der Waals surface area contributed by atoms with E-state index in [0.29, 0.717) is 17.4 Å². The molecule has 3 heterocycles. The fourth-order valence-corrected chi connectivity index (χ4v) is 6.77. The number of benzene rings is 1. The molecule has 1 aromatic carbocycles. The molecule has 1 saturated heterocycles. The zero-order valence-corrected chi connectivity index (χ0v) is 22.5. The Morgan fingerprint density at radius 1 is 1.14 bits per heavy atom. The number of likely N-dealkylation sites (tertiary alicyclic amines) is 1. The zero-order chi connectivity index (χ0) is 25.8. The Morgan fingerprint density at radius 2 is 1.92 bits per heavy atom. The average Bonchev–Trinajstić information content (AvgIpc) is 3.72. The number of amides is 2. The molecule has 0 bridgehead atoms. The first-order valence-corrected chi connectivity index (χ1v) is 14.4. The number of oxazole rings is 1. The number of nitrogens with one attached hydrogen (secondary N) is 1. The molecule has 3 atom stereocenters. The van der Waals surface area contributed by atoms with Crippen molar-refractivity contribution in [3.63, 3.8) is 0 Å². The number of nitrogens with zero attached hydrogens (tertiary/aromatic N) is 3. The molecule has 1 aliphatic heterocycles. The summed E-state index contributed by atoms with van der Waals surface area (Å²) in [4.78, 5) is 39.5. The molecule has 37 heavy (non-hydrogen) atoms. The molecule has 196 valence electrons. The molecule has 1 aliphatic carbocycles. The second-order valence-corrected chi connectivity index (χ2v) is 11.3. The van der Waals surface area contributed by atoms with Crippen molar-refractivity contribution in [3.8, 4) is 22.2 Å². The Balaban J connectivity index is 1.48. The molecular formula is C29H36N4O3S. The molecule has 8 heteroatoms. The van der Waals surface area contributed by atoms with Gasteiger partial charge in [0.2, 0.25) is 11.8 Å². The number of thiazole rings is 1. The molecule has 1 saturated carbocycles. The van der Waals surface area contributed by atoms with Crippen LogP contribution in [0, 0.1) is 11.8 Å². The topological polar surface area (TPSA) is 88.3 Å². The molecule has 2 aromatic heterocycles. The van der Waals surface area contributed by atoms with Gasteiger partial charge in [-0.1, -0.05) is 63.4 Å². The van der Waals surface area contributed by atoms with Crippen LogP contribution in [0.2, 0.25) is 0 Å². The van der Waals surface area contributed by atoms with Gasteiger partial charge in [0.1, 0.15) is 12.3 Å². The highest BCUT2D eigenvalue weighted by molar-refractivity contribution is 7.15. The summed E-state index contributed by atoms with van der Waals surface area (Å²) in [6.45, 7) is 4.63. The van der Waals surface area contributed by atoms with Crippen molar-refractivity contribution < 1.29 is 14.0 Å². The number of rotatable bonds is 8. The molecule has 2 fully saturated rings. The lowest BCUT2D eigenvalue weighted by Crippen LogP contribution is -2.53. The molecule has 0 radical (unpaired) electrons. The minimum absolute atomic E-state index is 0.0175. The van der Waals surface area contributed by atoms with Crippen molar-refractivity contribution in [2.75, 3.05) is 6.54 Å². The van der Waals surface area contributed by atoms with Gasteiger partial charge in [-0.3, -0.25) is 9.59 Å². The monoisotopic (exact) mass is 520 g/mol. The third kappa shape index (κ3) is 5.49. The van der Waals surface area contributed by atoms with E-state index in [-0.39, 0.29) is 29.7 Å². The van der Waals surface area contributed by atoms with Crippen LogP contribution in [0.5, 0.6) is 0 Å². The molecule has 2 aliphatic rings. The standard InChI is InChI=1S/C29H36N4O3S/c1-3-19(2)26(34)31-24(21-13-8-5-9-14-21)29(35)33-17-10-15-22(33)25-23(20-11-6-4-7-12-20)32-28(37-25)27-30-16-18-36-27/h4,6-7,11-12,16,18-19,21-22,24H,3,5,8-10,13-15,17H2,1-2H3,(H,31,34)/t19-,22+,24+/m1/s1. The first kappa shape index (κ1) is 25.6. The second kappa shape index (κ2) is 11.6. The third-order valence-corrected chi connectivity index (χ3v) is 9.04. The minimum atomic E-state index is -0.471. The van der Waals surface area contributed by atoms with E-state index in [0.717, 1.165) is 61.1 Å². The van der Waals surface area contributed by atoms with E-state index in [2.05, 4.69) is 22.4 Å². The first-order valence-electron chi connectivity index (χ1n) is 13.6. The van der Waals surface area contributed by atoms with Crippen LogP contribution in [0.25, 0.3) is 22.2 Å². The van der Waals surface area contributed by atoms with E-state index in [1.807, 2.05) is 36.9 Å². The Kier molecular flexibility index (Phi) is 8.03. The summed E-state index contributed by atoms with van der Waals surface area (Å²) in [5.74, 6) is 0.605. The highest BCUT2D eigenvalue weighted by Gasteiger charge is 2.40. The van der Waals surface area contributed by atoms with Gasteiger partial charge in [-0.2, -0.15) is 0 Å². The third-order valence-electron chi connectivity index (χ3n) is 7.90. The number of hydrogen-bond donors (Lipinski definition) is 1. The summed E-state index contributed by atoms with van der Waals surface area (Å²) in [6.07, 6.45) is 11.1. The van der Waals surface area contributed by atoms with Gasteiger partial charge in [-0.05, 0) is 38.0 Å². The van der Waals surface area contributed by atoms with Gasteiger partial charge >= 0.3 is 0 Å². The van der Waals surface area contributed by atoms with E-state index < -0.39 is 6.04 Å². The lowest BCUT2D eigenvalue weighted by atomic mass is 9.83. The first-order chi connectivity index (χ1) is 18.1. The van der Waals surface area contributed by atoms with Crippen LogP contribution >= 0.6 is 11.3 Å². The second-order valence-electron chi connectivity index (χ2n) is 10.3. The summed E-state index contributed by atoms with van der Waals surface area (Å²) in [5, 5.41) is 3.91. The van der Waals surface area contributed by atoms with Crippen molar-refractivity contribution in [1.82, 2.24) is 20.2 Å². The van der Waals surface area contributed by atoms with E-state index in [1.165, 1.54) is 6.42 Å². The highest BCUT2D eigenvalue weighted by Crippen LogP contribution is 2.44. The number of carbonyl (C=O) groups excluding carboxylic acids is 2. The fourth-order valence-electron chi connectivity index (χ4n) is 5.59. The minimum Gasteiger partial charge on any atom is -0.443 e. The van der Waals surface area contributed by atoms with Crippen LogP contribution in [-0.2, 0) is 9.59 Å². The van der Waals surface area contributed by atoms with Crippen molar-refractivity contribution in [2.45, 2.75) is 77.3 Å². The Labute approximate surface area is 222 Å². The molecular weight excluding hydrogens is 484 g/mol. The van der Waals surface area contributed by atoms with Crippen LogP contribution in [0.1, 0.15) is 76.1 Å². The number of carbonyl (C=O) groups is 2. The molecule has 5 rings (SSSR count). The maximum Gasteiger partial charge on any atom is 0.255 e. The predicted molar refractivity (Wildman–Crippen MR) is 145 cm³/mol. The van der Waals surface area contributed by atoms with Crippen molar-refractivity contribution in [2.24, 2.45) is 11.8 Å². The number of hydrogen-bond acceptors (Lipinski definition) is 6. The Morgan fingerprint density at radius 3 is 2.62 bits per heavy atom. The lowest BCUT2D eigenvalue weighted by molar-refractivity contribution is -0.140. The van der Waals surface area contributed by atoms with Gasteiger partial charge in [0.25, 0.3) is 5.89 Å². The van der Waals surface area contributed by atoms with Gasteiger partial charge in [-0.15, -0.1) is 11.3 Å². The zero-order valence-electron chi connectivity index (χ0n) is 21.7. The summed E-state index contributed by atoms with van der Waals surface area (Å²) in [7, 11) is 0. The van der Waals surface area contributed by atoms with Crippen LogP contribution < -0.4 is 5.32 Å². The van der Waals surface area contributed by atoms with Crippen LogP contribution in [0.4, 0.5) is 0 Å². The molecule has 7 nitrogen and oxygen atoms in total. The van der Waals surface area contributed by atoms with Crippen molar-refractivity contribution in [3.05, 3.63) is 47.7 Å². The predicted octanol–water partition coefficient (Wildman–Crippen LogP) is 6.24. The lowest BCUT2D eigenvalue weighted by Gasteiger charge is -2.35. The summed E-state index contributed by atoms with van der Waals surface area (Å²) >= 11 is 1.55. The van der Waals surface area contributed by atoms with Gasteiger partial charge in [0.05, 0.1) is 22.8 Å².